The van der Waals surface area contributed by atoms with Crippen LogP contribution in [0.25, 0.3) is 0 Å². The van der Waals surface area contributed by atoms with Crippen LogP contribution in [0.15, 0.2) is 54.6 Å². The Morgan fingerprint density at radius 1 is 1.12 bits per heavy atom. The molecule has 0 radical (unpaired) electrons. The van der Waals surface area contributed by atoms with Crippen LogP contribution in [0.1, 0.15) is 52.6 Å². The molecule has 3 aliphatic heterocycles. The summed E-state index contributed by atoms with van der Waals surface area (Å²) >= 11 is 0. The highest BCUT2D eigenvalue weighted by atomic mass is 16.6. The van der Waals surface area contributed by atoms with Crippen LogP contribution in [0.2, 0.25) is 0 Å². The van der Waals surface area contributed by atoms with Crippen molar-refractivity contribution in [2.24, 2.45) is 17.8 Å². The first-order valence-electron chi connectivity index (χ1n) is 14.7. The normalized spacial score (nSPS) is 30.7. The third kappa shape index (κ3) is 4.50. The van der Waals surface area contributed by atoms with Gasteiger partial charge in [0.1, 0.15) is 17.6 Å². The van der Waals surface area contributed by atoms with Gasteiger partial charge in [-0.1, -0.05) is 37.3 Å². The Hall–Kier alpha value is -3.43. The number of carbonyl (C=O) groups is 3. The average Bonchev–Trinajstić information content (AvgIpc) is 3.48. The molecule has 3 unspecified atom stereocenters. The van der Waals surface area contributed by atoms with E-state index in [-0.39, 0.29) is 18.4 Å². The smallest absolute Gasteiger partial charge is 0.312 e. The molecule has 7 atom stereocenters. The second-order valence-corrected chi connectivity index (χ2v) is 11.5. The van der Waals surface area contributed by atoms with E-state index < -0.39 is 53.6 Å². The molecule has 1 spiro atoms. The number of likely N-dealkylation sites (tertiary alicyclic amines) is 1. The SMILES string of the molecule is CCOC(=O)[C@H]1[C@H]2C(=O)N([C@H](CO)c3ccccc3)C(C(=O)Nc3ccc(N(CC)CC)cc3)C23CC(C)[C@]1(C)O3. The molecule has 220 valence electrons. The topological polar surface area (TPSA) is 108 Å². The fourth-order valence-electron chi connectivity index (χ4n) is 7.49. The quantitative estimate of drug-likeness (QED) is 0.424. The minimum absolute atomic E-state index is 0.103. The molecular weight excluding hydrogens is 522 g/mol. The zero-order valence-electron chi connectivity index (χ0n) is 24.5. The monoisotopic (exact) mass is 563 g/mol. The first-order valence-corrected chi connectivity index (χ1v) is 14.7. The maximum atomic E-state index is 14.4. The molecule has 3 fully saturated rings. The van der Waals surface area contributed by atoms with Gasteiger partial charge in [0.2, 0.25) is 11.8 Å². The standard InChI is InChI=1S/C32H41N3O6/c1-6-34(7-2)23-16-14-22(15-17-23)33-28(37)27-32-18-20(4)31(5,41-32)26(30(39)40-8-3)25(32)29(38)35(27)24(19-36)21-12-10-9-11-13-21/h9-17,20,24-27,36H,6-8,18-19H2,1-5H3,(H,33,37)/t20?,24-,25+,26-,27?,31+,32?/m1/s1. The van der Waals surface area contributed by atoms with E-state index >= 15 is 0 Å². The van der Waals surface area contributed by atoms with Crippen molar-refractivity contribution in [1.82, 2.24) is 4.90 Å². The number of amides is 2. The van der Waals surface area contributed by atoms with Gasteiger partial charge in [-0.2, -0.15) is 0 Å². The molecule has 9 nitrogen and oxygen atoms in total. The zero-order valence-corrected chi connectivity index (χ0v) is 24.5. The van der Waals surface area contributed by atoms with Crippen LogP contribution in [-0.2, 0) is 23.9 Å². The van der Waals surface area contributed by atoms with Crippen LogP contribution in [0.4, 0.5) is 11.4 Å². The van der Waals surface area contributed by atoms with E-state index in [1.807, 2.05) is 68.4 Å². The van der Waals surface area contributed by atoms with Crippen molar-refractivity contribution >= 4 is 29.2 Å². The molecule has 0 saturated carbocycles. The van der Waals surface area contributed by atoms with Gasteiger partial charge in [-0.3, -0.25) is 14.4 Å². The highest BCUT2D eigenvalue weighted by molar-refractivity contribution is 6.03. The number of anilines is 2. The fraction of sp³-hybridized carbons (Fsp3) is 0.531. The molecule has 5 rings (SSSR count). The number of hydrogen-bond donors (Lipinski definition) is 2. The van der Waals surface area contributed by atoms with E-state index in [2.05, 4.69) is 24.1 Å². The summed E-state index contributed by atoms with van der Waals surface area (Å²) in [6, 6.07) is 14.9. The molecule has 2 aromatic rings. The first-order chi connectivity index (χ1) is 19.7. The molecule has 0 aliphatic carbocycles. The number of aliphatic hydroxyl groups is 1. The molecule has 41 heavy (non-hydrogen) atoms. The number of rotatable bonds is 10. The van der Waals surface area contributed by atoms with Crippen molar-refractivity contribution in [3.8, 4) is 0 Å². The highest BCUT2D eigenvalue weighted by Crippen LogP contribution is 2.66. The fourth-order valence-corrected chi connectivity index (χ4v) is 7.49. The molecule has 3 aliphatic rings. The zero-order chi connectivity index (χ0) is 29.5. The molecule has 9 heteroatoms. The van der Waals surface area contributed by atoms with Crippen LogP contribution in [-0.4, -0.2) is 71.3 Å². The number of carbonyl (C=O) groups excluding carboxylic acids is 3. The van der Waals surface area contributed by atoms with Crippen molar-refractivity contribution in [3.05, 3.63) is 60.2 Å². The van der Waals surface area contributed by atoms with Crippen LogP contribution >= 0.6 is 0 Å². The maximum absolute atomic E-state index is 14.4. The Labute approximate surface area is 241 Å². The highest BCUT2D eigenvalue weighted by Gasteiger charge is 2.80. The number of esters is 1. The van der Waals surface area contributed by atoms with Gasteiger partial charge in [-0.15, -0.1) is 0 Å². The van der Waals surface area contributed by atoms with Crippen molar-refractivity contribution in [3.63, 3.8) is 0 Å². The number of fused-ring (bicyclic) bond motifs is 1. The Kier molecular flexibility index (Phi) is 7.87. The Morgan fingerprint density at radius 3 is 2.37 bits per heavy atom. The minimum atomic E-state index is -1.24. The second-order valence-electron chi connectivity index (χ2n) is 11.5. The summed E-state index contributed by atoms with van der Waals surface area (Å²) in [4.78, 5) is 45.7. The molecule has 2 N–H and O–H groups in total. The summed E-state index contributed by atoms with van der Waals surface area (Å²) in [6.45, 7) is 11.3. The number of nitrogens with zero attached hydrogens (tertiary/aromatic N) is 2. The van der Waals surface area contributed by atoms with Gasteiger partial charge in [0.15, 0.2) is 0 Å². The largest absolute Gasteiger partial charge is 0.466 e. The number of ether oxygens (including phenoxy) is 2. The maximum Gasteiger partial charge on any atom is 0.312 e. The van der Waals surface area contributed by atoms with E-state index in [0.717, 1.165) is 18.8 Å². The molecule has 2 bridgehead atoms. The molecule has 2 amide bonds. The van der Waals surface area contributed by atoms with Crippen molar-refractivity contribution in [2.75, 3.05) is 36.5 Å². The Morgan fingerprint density at radius 2 is 1.78 bits per heavy atom. The summed E-state index contributed by atoms with van der Waals surface area (Å²) in [5.41, 5.74) is 0.139. The van der Waals surface area contributed by atoms with Gasteiger partial charge in [0, 0.05) is 24.5 Å². The number of aliphatic hydroxyl groups excluding tert-OH is 1. The summed E-state index contributed by atoms with van der Waals surface area (Å²) in [6.07, 6.45) is 0.429. The molecule has 3 saturated heterocycles. The van der Waals surface area contributed by atoms with Crippen LogP contribution < -0.4 is 10.2 Å². The summed E-state index contributed by atoms with van der Waals surface area (Å²) < 4.78 is 12.2. The van der Waals surface area contributed by atoms with Gasteiger partial charge >= 0.3 is 5.97 Å². The second kappa shape index (κ2) is 11.1. The summed E-state index contributed by atoms with van der Waals surface area (Å²) in [5.74, 6) is -3.14. The van der Waals surface area contributed by atoms with E-state index in [1.165, 1.54) is 4.90 Å². The third-order valence-corrected chi connectivity index (χ3v) is 9.50. The first kappa shape index (κ1) is 29.1. The summed E-state index contributed by atoms with van der Waals surface area (Å²) in [5, 5.41) is 13.6. The Balaban J connectivity index is 1.57. The van der Waals surface area contributed by atoms with E-state index in [0.29, 0.717) is 17.7 Å². The predicted molar refractivity (Wildman–Crippen MR) is 155 cm³/mol. The van der Waals surface area contributed by atoms with Crippen LogP contribution in [0.5, 0.6) is 0 Å². The summed E-state index contributed by atoms with van der Waals surface area (Å²) in [7, 11) is 0. The lowest BCUT2D eigenvalue weighted by Crippen LogP contribution is -2.54. The van der Waals surface area contributed by atoms with Crippen LogP contribution in [0, 0.1) is 17.8 Å². The van der Waals surface area contributed by atoms with Crippen molar-refractivity contribution < 1.29 is 29.0 Å². The Bertz CT molecular complexity index is 1280. The van der Waals surface area contributed by atoms with Gasteiger partial charge in [0.05, 0.1) is 30.8 Å². The van der Waals surface area contributed by atoms with Gasteiger partial charge in [-0.25, -0.2) is 0 Å². The number of benzene rings is 2. The average molecular weight is 564 g/mol. The van der Waals surface area contributed by atoms with E-state index in [9.17, 15) is 19.5 Å². The van der Waals surface area contributed by atoms with E-state index in [1.54, 1.807) is 6.92 Å². The molecular formula is C32H41N3O6. The predicted octanol–water partition coefficient (Wildman–Crippen LogP) is 3.78. The van der Waals surface area contributed by atoms with Gasteiger partial charge in [0.25, 0.3) is 0 Å². The third-order valence-electron chi connectivity index (χ3n) is 9.50. The minimum Gasteiger partial charge on any atom is -0.466 e. The molecule has 2 aromatic carbocycles. The molecule has 0 aromatic heterocycles. The van der Waals surface area contributed by atoms with E-state index in [4.69, 9.17) is 9.47 Å². The molecule has 3 heterocycles. The van der Waals surface area contributed by atoms with Crippen molar-refractivity contribution in [1.29, 1.82) is 0 Å². The lowest BCUT2D eigenvalue weighted by atomic mass is 9.62. The van der Waals surface area contributed by atoms with Crippen molar-refractivity contribution in [2.45, 2.75) is 64.3 Å². The lowest BCUT2D eigenvalue weighted by molar-refractivity contribution is -0.162. The van der Waals surface area contributed by atoms with Gasteiger partial charge in [-0.05, 0) is 69.9 Å². The lowest BCUT2D eigenvalue weighted by Gasteiger charge is -2.37. The number of hydrogen-bond acceptors (Lipinski definition) is 7. The van der Waals surface area contributed by atoms with Gasteiger partial charge < -0.3 is 29.7 Å². The number of nitrogens with one attached hydrogen (secondary N) is 1. The van der Waals surface area contributed by atoms with Crippen LogP contribution in [0.3, 0.4) is 0 Å².